The van der Waals surface area contributed by atoms with E-state index in [1.165, 1.54) is 0 Å². The van der Waals surface area contributed by atoms with Crippen molar-refractivity contribution in [2.45, 2.75) is 19.4 Å². The Hall–Kier alpha value is -3.12. The minimum Gasteiger partial charge on any atom is -0.481 e. The summed E-state index contributed by atoms with van der Waals surface area (Å²) in [6.45, 7) is 1.95. The standard InChI is InChI=1S/C20H18ClN3O3/c1-13-11-22-24(12-13)17-8-4-15(5-9-17)20(27)23-18(10-19(25)26)14-2-6-16(21)7-3-14/h2-9,11-12,18H,10H2,1H3,(H,23,27)(H,25,26). The van der Waals surface area contributed by atoms with Gasteiger partial charge in [0, 0.05) is 16.8 Å². The topological polar surface area (TPSA) is 84.2 Å². The van der Waals surface area contributed by atoms with E-state index in [9.17, 15) is 9.59 Å². The largest absolute Gasteiger partial charge is 0.481 e. The molecule has 1 unspecified atom stereocenters. The van der Waals surface area contributed by atoms with Crippen LogP contribution >= 0.6 is 11.6 Å². The molecule has 1 heterocycles. The third-order valence-electron chi connectivity index (χ3n) is 4.06. The Morgan fingerprint density at radius 1 is 1.15 bits per heavy atom. The summed E-state index contributed by atoms with van der Waals surface area (Å²) in [6.07, 6.45) is 3.42. The fourth-order valence-electron chi connectivity index (χ4n) is 2.68. The number of carbonyl (C=O) groups excluding carboxylic acids is 1. The summed E-state index contributed by atoms with van der Waals surface area (Å²) >= 11 is 5.88. The lowest BCUT2D eigenvalue weighted by Crippen LogP contribution is -2.30. The van der Waals surface area contributed by atoms with Gasteiger partial charge in [0.2, 0.25) is 0 Å². The number of nitrogens with zero attached hydrogens (tertiary/aromatic N) is 2. The molecule has 7 heteroatoms. The maximum Gasteiger partial charge on any atom is 0.305 e. The van der Waals surface area contributed by atoms with E-state index in [2.05, 4.69) is 10.4 Å². The van der Waals surface area contributed by atoms with Crippen LogP contribution in [0.25, 0.3) is 5.69 Å². The van der Waals surface area contributed by atoms with Gasteiger partial charge in [-0.25, -0.2) is 4.68 Å². The lowest BCUT2D eigenvalue weighted by Gasteiger charge is -2.18. The van der Waals surface area contributed by atoms with Gasteiger partial charge in [-0.1, -0.05) is 23.7 Å². The highest BCUT2D eigenvalue weighted by atomic mass is 35.5. The molecule has 0 aliphatic heterocycles. The average Bonchev–Trinajstić information content (AvgIpc) is 3.08. The number of nitrogens with one attached hydrogen (secondary N) is 1. The first-order chi connectivity index (χ1) is 12.9. The van der Waals surface area contributed by atoms with E-state index < -0.39 is 12.0 Å². The highest BCUT2D eigenvalue weighted by molar-refractivity contribution is 6.30. The summed E-state index contributed by atoms with van der Waals surface area (Å²) in [7, 11) is 0. The fraction of sp³-hybridized carbons (Fsp3) is 0.150. The second kappa shape index (κ2) is 8.05. The Labute approximate surface area is 161 Å². The number of carboxylic acid groups (broad SMARTS) is 1. The van der Waals surface area contributed by atoms with Crippen LogP contribution in [0.15, 0.2) is 60.9 Å². The van der Waals surface area contributed by atoms with E-state index in [0.29, 0.717) is 16.1 Å². The first-order valence-corrected chi connectivity index (χ1v) is 8.70. The molecule has 0 bridgehead atoms. The maximum atomic E-state index is 12.6. The van der Waals surface area contributed by atoms with Crippen LogP contribution in [0.2, 0.25) is 5.02 Å². The van der Waals surface area contributed by atoms with Gasteiger partial charge in [-0.3, -0.25) is 9.59 Å². The minimum absolute atomic E-state index is 0.224. The molecule has 138 valence electrons. The van der Waals surface area contributed by atoms with Crippen LogP contribution in [0.5, 0.6) is 0 Å². The monoisotopic (exact) mass is 383 g/mol. The van der Waals surface area contributed by atoms with Gasteiger partial charge in [0.25, 0.3) is 5.91 Å². The molecule has 2 aromatic carbocycles. The van der Waals surface area contributed by atoms with E-state index in [0.717, 1.165) is 11.3 Å². The molecular weight excluding hydrogens is 366 g/mol. The lowest BCUT2D eigenvalue weighted by molar-refractivity contribution is -0.137. The zero-order valence-electron chi connectivity index (χ0n) is 14.6. The number of aromatic nitrogens is 2. The van der Waals surface area contributed by atoms with Crippen LogP contribution in [0, 0.1) is 6.92 Å². The molecule has 0 fully saturated rings. The highest BCUT2D eigenvalue weighted by Gasteiger charge is 2.19. The molecule has 1 atom stereocenters. The van der Waals surface area contributed by atoms with Crippen LogP contribution in [-0.2, 0) is 4.79 Å². The third kappa shape index (κ3) is 4.74. The predicted octanol–water partition coefficient (Wildman–Crippen LogP) is 3.78. The number of carboxylic acids is 1. The van der Waals surface area contributed by atoms with Gasteiger partial charge in [-0.2, -0.15) is 5.10 Å². The van der Waals surface area contributed by atoms with Crippen molar-refractivity contribution in [3.8, 4) is 5.69 Å². The molecule has 3 aromatic rings. The number of rotatable bonds is 6. The van der Waals surface area contributed by atoms with Gasteiger partial charge in [-0.05, 0) is 54.4 Å². The van der Waals surface area contributed by atoms with Crippen molar-refractivity contribution in [1.82, 2.24) is 15.1 Å². The van der Waals surface area contributed by atoms with Crippen LogP contribution in [0.3, 0.4) is 0 Å². The normalized spacial score (nSPS) is 11.8. The quantitative estimate of drug-likeness (QED) is 0.678. The SMILES string of the molecule is Cc1cnn(-c2ccc(C(=O)NC(CC(=O)O)c3ccc(Cl)cc3)cc2)c1. The molecule has 0 aliphatic carbocycles. The molecule has 1 aromatic heterocycles. The Morgan fingerprint density at radius 2 is 1.81 bits per heavy atom. The second-order valence-electron chi connectivity index (χ2n) is 6.18. The van der Waals surface area contributed by atoms with E-state index in [1.807, 2.05) is 13.1 Å². The Balaban J connectivity index is 1.76. The van der Waals surface area contributed by atoms with Crippen LogP contribution in [-0.4, -0.2) is 26.8 Å². The number of halogens is 1. The predicted molar refractivity (Wildman–Crippen MR) is 102 cm³/mol. The van der Waals surface area contributed by atoms with Gasteiger partial charge < -0.3 is 10.4 Å². The maximum absolute atomic E-state index is 12.6. The Morgan fingerprint density at radius 3 is 2.37 bits per heavy atom. The summed E-state index contributed by atoms with van der Waals surface area (Å²) in [4.78, 5) is 23.8. The number of hydrogen-bond acceptors (Lipinski definition) is 3. The van der Waals surface area contributed by atoms with Gasteiger partial charge >= 0.3 is 5.97 Å². The minimum atomic E-state index is -1.00. The van der Waals surface area contributed by atoms with Crippen molar-refractivity contribution in [3.05, 3.63) is 82.6 Å². The molecule has 3 rings (SSSR count). The molecule has 0 saturated carbocycles. The van der Waals surface area contributed by atoms with Crippen LogP contribution in [0.4, 0.5) is 0 Å². The summed E-state index contributed by atoms with van der Waals surface area (Å²) in [6, 6.07) is 13.0. The van der Waals surface area contributed by atoms with Crippen molar-refractivity contribution in [3.63, 3.8) is 0 Å². The zero-order valence-corrected chi connectivity index (χ0v) is 15.3. The molecule has 2 N–H and O–H groups in total. The number of amides is 1. The Kier molecular flexibility index (Phi) is 5.57. The number of carbonyl (C=O) groups is 2. The number of aryl methyl sites for hydroxylation is 1. The van der Waals surface area contributed by atoms with Gasteiger partial charge in [0.05, 0.1) is 24.3 Å². The van der Waals surface area contributed by atoms with Gasteiger partial charge in [0.1, 0.15) is 0 Å². The van der Waals surface area contributed by atoms with Gasteiger partial charge in [-0.15, -0.1) is 0 Å². The molecule has 0 spiro atoms. The van der Waals surface area contributed by atoms with E-state index in [1.54, 1.807) is 59.4 Å². The molecule has 1 amide bonds. The second-order valence-corrected chi connectivity index (χ2v) is 6.62. The van der Waals surface area contributed by atoms with Crippen molar-refractivity contribution in [1.29, 1.82) is 0 Å². The summed E-state index contributed by atoms with van der Waals surface area (Å²) in [5.41, 5.74) is 2.99. The first kappa shape index (κ1) is 18.7. The van der Waals surface area contributed by atoms with Crippen LogP contribution < -0.4 is 5.32 Å². The molecule has 0 radical (unpaired) electrons. The molecule has 0 aliphatic rings. The zero-order chi connectivity index (χ0) is 19.4. The molecular formula is C20H18ClN3O3. The molecule has 0 saturated heterocycles. The van der Waals surface area contributed by atoms with Crippen molar-refractivity contribution >= 4 is 23.5 Å². The van der Waals surface area contributed by atoms with Crippen LogP contribution in [0.1, 0.15) is 33.9 Å². The first-order valence-electron chi connectivity index (χ1n) is 8.32. The summed E-state index contributed by atoms with van der Waals surface area (Å²) < 4.78 is 1.72. The summed E-state index contributed by atoms with van der Waals surface area (Å²) in [5.74, 6) is -1.35. The van der Waals surface area contributed by atoms with Crippen molar-refractivity contribution < 1.29 is 14.7 Å². The smallest absolute Gasteiger partial charge is 0.305 e. The van der Waals surface area contributed by atoms with E-state index in [4.69, 9.17) is 16.7 Å². The number of aliphatic carboxylic acids is 1. The van der Waals surface area contributed by atoms with Crippen molar-refractivity contribution in [2.24, 2.45) is 0 Å². The van der Waals surface area contributed by atoms with Crippen molar-refractivity contribution in [2.75, 3.05) is 0 Å². The highest BCUT2D eigenvalue weighted by Crippen LogP contribution is 2.20. The Bertz CT molecular complexity index is 949. The third-order valence-corrected chi connectivity index (χ3v) is 4.31. The average molecular weight is 384 g/mol. The van der Waals surface area contributed by atoms with E-state index >= 15 is 0 Å². The molecule has 6 nitrogen and oxygen atoms in total. The molecule has 27 heavy (non-hydrogen) atoms. The fourth-order valence-corrected chi connectivity index (χ4v) is 2.81. The lowest BCUT2D eigenvalue weighted by atomic mass is 10.0. The van der Waals surface area contributed by atoms with E-state index in [-0.39, 0.29) is 12.3 Å². The van der Waals surface area contributed by atoms with Gasteiger partial charge in [0.15, 0.2) is 0 Å². The number of hydrogen-bond donors (Lipinski definition) is 2. The summed E-state index contributed by atoms with van der Waals surface area (Å²) in [5, 5.41) is 16.7. The number of benzene rings is 2.